The van der Waals surface area contributed by atoms with Crippen LogP contribution >= 0.6 is 0 Å². The topological polar surface area (TPSA) is 69.6 Å². The van der Waals surface area contributed by atoms with Crippen molar-refractivity contribution in [2.75, 3.05) is 12.4 Å². The van der Waals surface area contributed by atoms with Crippen LogP contribution in [-0.2, 0) is 10.2 Å². The lowest BCUT2D eigenvalue weighted by molar-refractivity contribution is -0.141. The van der Waals surface area contributed by atoms with Gasteiger partial charge in [0.15, 0.2) is 0 Å². The maximum Gasteiger partial charge on any atom is 0.326 e. The number of nitrogens with zero attached hydrogens (tertiary/aromatic N) is 1. The van der Waals surface area contributed by atoms with E-state index in [-0.39, 0.29) is 5.41 Å². The summed E-state index contributed by atoms with van der Waals surface area (Å²) in [5.74, 6) is -1.00. The van der Waals surface area contributed by atoms with Crippen LogP contribution in [0, 0.1) is 0 Å². The summed E-state index contributed by atoms with van der Waals surface area (Å²) < 4.78 is 0. The zero-order valence-corrected chi connectivity index (χ0v) is 13.3. The molecule has 1 unspecified atom stereocenters. The van der Waals surface area contributed by atoms with Crippen LogP contribution in [0.25, 0.3) is 0 Å². The average molecular weight is 292 g/mol. The van der Waals surface area contributed by atoms with Gasteiger partial charge in [-0.05, 0) is 23.5 Å². The second-order valence-electron chi connectivity index (χ2n) is 6.10. The summed E-state index contributed by atoms with van der Waals surface area (Å²) in [7, 11) is 1.50. The van der Waals surface area contributed by atoms with E-state index in [2.05, 4.69) is 26.1 Å². The molecule has 5 nitrogen and oxygen atoms in total. The SMILES string of the molecule is CCC(C(=O)O)N(C)C(=O)Nc1ccccc1C(C)(C)C. The molecule has 0 aliphatic heterocycles. The van der Waals surface area contributed by atoms with Gasteiger partial charge in [-0.2, -0.15) is 0 Å². The first-order valence-electron chi connectivity index (χ1n) is 7.04. The molecule has 0 aliphatic rings. The van der Waals surface area contributed by atoms with E-state index in [9.17, 15) is 9.59 Å². The molecule has 0 aliphatic carbocycles. The third kappa shape index (κ3) is 4.21. The number of carboxylic acids is 1. The van der Waals surface area contributed by atoms with Gasteiger partial charge in [-0.15, -0.1) is 0 Å². The van der Waals surface area contributed by atoms with Gasteiger partial charge in [0.25, 0.3) is 0 Å². The van der Waals surface area contributed by atoms with E-state index in [1.807, 2.05) is 24.3 Å². The number of benzene rings is 1. The summed E-state index contributed by atoms with van der Waals surface area (Å²) >= 11 is 0. The molecule has 1 aromatic carbocycles. The minimum absolute atomic E-state index is 0.112. The Morgan fingerprint density at radius 2 is 1.86 bits per heavy atom. The largest absolute Gasteiger partial charge is 0.480 e. The van der Waals surface area contributed by atoms with Crippen LogP contribution in [0.3, 0.4) is 0 Å². The van der Waals surface area contributed by atoms with E-state index in [1.54, 1.807) is 6.92 Å². The number of carbonyl (C=O) groups excluding carboxylic acids is 1. The Balaban J connectivity index is 2.97. The van der Waals surface area contributed by atoms with E-state index in [0.29, 0.717) is 12.1 Å². The highest BCUT2D eigenvalue weighted by atomic mass is 16.4. The molecule has 21 heavy (non-hydrogen) atoms. The van der Waals surface area contributed by atoms with Crippen molar-refractivity contribution >= 4 is 17.7 Å². The summed E-state index contributed by atoms with van der Waals surface area (Å²) in [4.78, 5) is 24.6. The van der Waals surface area contributed by atoms with Gasteiger partial charge >= 0.3 is 12.0 Å². The maximum absolute atomic E-state index is 12.2. The van der Waals surface area contributed by atoms with Gasteiger partial charge in [0.05, 0.1) is 0 Å². The first kappa shape index (κ1) is 17.0. The summed E-state index contributed by atoms with van der Waals surface area (Å²) in [5, 5.41) is 11.9. The second-order valence-corrected chi connectivity index (χ2v) is 6.10. The van der Waals surface area contributed by atoms with Crippen molar-refractivity contribution in [2.45, 2.75) is 45.6 Å². The van der Waals surface area contributed by atoms with Crippen LogP contribution in [0.1, 0.15) is 39.7 Å². The molecular formula is C16H24N2O3. The lowest BCUT2D eigenvalue weighted by atomic mass is 9.86. The number of hydrogen-bond donors (Lipinski definition) is 2. The Morgan fingerprint density at radius 3 is 2.33 bits per heavy atom. The van der Waals surface area contributed by atoms with Gasteiger partial charge in [0, 0.05) is 12.7 Å². The zero-order valence-electron chi connectivity index (χ0n) is 13.3. The van der Waals surface area contributed by atoms with Crippen molar-refractivity contribution in [3.63, 3.8) is 0 Å². The van der Waals surface area contributed by atoms with Gasteiger partial charge in [-0.25, -0.2) is 9.59 Å². The van der Waals surface area contributed by atoms with Crippen LogP contribution < -0.4 is 5.32 Å². The number of anilines is 1. The van der Waals surface area contributed by atoms with E-state index in [4.69, 9.17) is 5.11 Å². The molecule has 0 saturated heterocycles. The fourth-order valence-electron chi connectivity index (χ4n) is 2.21. The first-order chi connectivity index (χ1) is 9.68. The van der Waals surface area contributed by atoms with E-state index < -0.39 is 18.0 Å². The number of aliphatic carboxylic acids is 1. The molecule has 0 heterocycles. The monoisotopic (exact) mass is 292 g/mol. The molecule has 0 saturated carbocycles. The van der Waals surface area contributed by atoms with Gasteiger partial charge in [0.1, 0.15) is 6.04 Å². The molecule has 0 radical (unpaired) electrons. The molecule has 1 rings (SSSR count). The number of carboxylic acid groups (broad SMARTS) is 1. The molecule has 1 atom stereocenters. The number of rotatable bonds is 4. The Kier molecular flexibility index (Phi) is 5.35. The van der Waals surface area contributed by atoms with E-state index in [0.717, 1.165) is 5.56 Å². The van der Waals surface area contributed by atoms with E-state index in [1.165, 1.54) is 11.9 Å². The summed E-state index contributed by atoms with van der Waals surface area (Å²) in [5.41, 5.74) is 1.61. The molecule has 116 valence electrons. The van der Waals surface area contributed by atoms with Crippen molar-refractivity contribution in [1.29, 1.82) is 0 Å². The Bertz CT molecular complexity index is 520. The Hall–Kier alpha value is -2.04. The number of likely N-dealkylation sites (N-methyl/N-ethyl adjacent to an activating group) is 1. The average Bonchev–Trinajstić information content (AvgIpc) is 2.38. The van der Waals surface area contributed by atoms with Crippen LogP contribution in [0.15, 0.2) is 24.3 Å². The highest BCUT2D eigenvalue weighted by molar-refractivity contribution is 5.93. The molecule has 2 amide bonds. The van der Waals surface area contributed by atoms with Crippen molar-refractivity contribution < 1.29 is 14.7 Å². The molecule has 0 aromatic heterocycles. The Labute approximate surface area is 126 Å². The predicted octanol–water partition coefficient (Wildman–Crippen LogP) is 3.31. The van der Waals surface area contributed by atoms with Gasteiger partial charge in [-0.3, -0.25) is 0 Å². The van der Waals surface area contributed by atoms with Crippen molar-refractivity contribution in [3.8, 4) is 0 Å². The molecule has 0 bridgehead atoms. The number of hydrogen-bond acceptors (Lipinski definition) is 2. The van der Waals surface area contributed by atoms with Crippen LogP contribution in [0.4, 0.5) is 10.5 Å². The second kappa shape index (κ2) is 6.61. The molecule has 0 fully saturated rings. The highest BCUT2D eigenvalue weighted by Crippen LogP contribution is 2.29. The molecule has 2 N–H and O–H groups in total. The molecule has 1 aromatic rings. The summed E-state index contributed by atoms with van der Waals surface area (Å²) in [6.45, 7) is 7.93. The zero-order chi connectivity index (χ0) is 16.2. The van der Waals surface area contributed by atoms with Gasteiger partial charge < -0.3 is 15.3 Å². The third-order valence-electron chi connectivity index (χ3n) is 3.44. The molecule has 0 spiro atoms. The molecule has 5 heteroatoms. The molecular weight excluding hydrogens is 268 g/mol. The van der Waals surface area contributed by atoms with Crippen molar-refractivity contribution in [1.82, 2.24) is 4.90 Å². The minimum Gasteiger partial charge on any atom is -0.480 e. The number of urea groups is 1. The number of para-hydroxylation sites is 1. The lowest BCUT2D eigenvalue weighted by Crippen LogP contribution is -2.44. The lowest BCUT2D eigenvalue weighted by Gasteiger charge is -2.27. The van der Waals surface area contributed by atoms with Crippen LogP contribution in [-0.4, -0.2) is 35.1 Å². The smallest absolute Gasteiger partial charge is 0.326 e. The summed E-state index contributed by atoms with van der Waals surface area (Å²) in [6, 6.07) is 6.32. The summed E-state index contributed by atoms with van der Waals surface area (Å²) in [6.07, 6.45) is 0.361. The standard InChI is InChI=1S/C16H24N2O3/c1-6-13(14(19)20)18(5)15(21)17-12-10-8-7-9-11(12)16(2,3)4/h7-10,13H,6H2,1-5H3,(H,17,21)(H,19,20). The normalized spacial score (nSPS) is 12.6. The maximum atomic E-state index is 12.2. The number of amides is 2. The first-order valence-corrected chi connectivity index (χ1v) is 7.04. The van der Waals surface area contributed by atoms with Crippen LogP contribution in [0.2, 0.25) is 0 Å². The highest BCUT2D eigenvalue weighted by Gasteiger charge is 2.26. The quantitative estimate of drug-likeness (QED) is 0.894. The predicted molar refractivity (Wildman–Crippen MR) is 83.6 cm³/mol. The number of nitrogens with one attached hydrogen (secondary N) is 1. The van der Waals surface area contributed by atoms with Crippen LogP contribution in [0.5, 0.6) is 0 Å². The fourth-order valence-corrected chi connectivity index (χ4v) is 2.21. The van der Waals surface area contributed by atoms with E-state index >= 15 is 0 Å². The third-order valence-corrected chi connectivity index (χ3v) is 3.44. The fraction of sp³-hybridized carbons (Fsp3) is 0.500. The van der Waals surface area contributed by atoms with Gasteiger partial charge in [0.2, 0.25) is 0 Å². The minimum atomic E-state index is -1.00. The Morgan fingerprint density at radius 1 is 1.29 bits per heavy atom. The van der Waals surface area contributed by atoms with Crippen molar-refractivity contribution in [3.05, 3.63) is 29.8 Å². The number of carbonyl (C=O) groups is 2. The van der Waals surface area contributed by atoms with Gasteiger partial charge in [-0.1, -0.05) is 45.9 Å². The van der Waals surface area contributed by atoms with Crippen molar-refractivity contribution in [2.24, 2.45) is 0 Å².